The molecule has 10 heteroatoms. The smallest absolute Gasteiger partial charge is 0.211 e. The van der Waals surface area contributed by atoms with Gasteiger partial charge in [-0.2, -0.15) is 0 Å². The van der Waals surface area contributed by atoms with Crippen LogP contribution in [0.4, 0.5) is 0 Å². The number of nitrogens with two attached hydrogens (primary N) is 1. The molecule has 0 aliphatic rings. The van der Waals surface area contributed by atoms with Gasteiger partial charge in [0.25, 0.3) is 0 Å². The van der Waals surface area contributed by atoms with Crippen molar-refractivity contribution in [1.29, 1.82) is 0 Å². The van der Waals surface area contributed by atoms with Crippen LogP contribution in [0.15, 0.2) is 12.4 Å². The number of imidazole rings is 1. The van der Waals surface area contributed by atoms with Gasteiger partial charge >= 0.3 is 0 Å². The van der Waals surface area contributed by atoms with E-state index in [1.54, 1.807) is 20.4 Å². The summed E-state index contributed by atoms with van der Waals surface area (Å²) in [6, 6.07) is 1.97. The van der Waals surface area contributed by atoms with E-state index in [2.05, 4.69) is 14.7 Å². The molecule has 1 atom stereocenters. The monoisotopic (exact) mass is 385 g/mol. The van der Waals surface area contributed by atoms with Gasteiger partial charge in [-0.05, 0) is 19.9 Å². The second-order valence-corrected chi connectivity index (χ2v) is 8.00. The highest BCUT2D eigenvalue weighted by molar-refractivity contribution is 7.89. The second-order valence-electron chi connectivity index (χ2n) is 5.90. The number of hydrogen-bond donors (Lipinski definition) is 2. The van der Waals surface area contributed by atoms with E-state index in [1.165, 1.54) is 0 Å². The van der Waals surface area contributed by atoms with Crippen LogP contribution in [-0.4, -0.2) is 61.8 Å². The first-order valence-electron chi connectivity index (χ1n) is 8.51. The van der Waals surface area contributed by atoms with Crippen LogP contribution in [0, 0.1) is 6.92 Å². The molecule has 2 aromatic heterocycles. The van der Waals surface area contributed by atoms with Crippen molar-refractivity contribution in [3.63, 3.8) is 0 Å². The van der Waals surface area contributed by atoms with Crippen molar-refractivity contribution in [1.82, 2.24) is 19.3 Å². The molecule has 0 saturated heterocycles. The number of rotatable bonds is 11. The first-order valence-corrected chi connectivity index (χ1v) is 10.2. The van der Waals surface area contributed by atoms with Gasteiger partial charge in [-0.25, -0.2) is 18.1 Å². The summed E-state index contributed by atoms with van der Waals surface area (Å²) in [5, 5.41) is 0. The Bertz CT molecular complexity index is 821. The summed E-state index contributed by atoms with van der Waals surface area (Å²) in [5.74, 6) is 0.0659. The Hall–Kier alpha value is -1.59. The molecule has 0 aliphatic heterocycles. The average molecular weight is 385 g/mol. The maximum absolute atomic E-state index is 11.3. The van der Waals surface area contributed by atoms with Crippen LogP contribution >= 0.6 is 0 Å². The van der Waals surface area contributed by atoms with Crippen molar-refractivity contribution in [2.24, 2.45) is 5.73 Å². The number of hydrogen-bond acceptors (Lipinski definition) is 7. The number of pyridine rings is 1. The van der Waals surface area contributed by atoms with Crippen LogP contribution in [0.1, 0.15) is 18.3 Å². The predicted octanol–water partition coefficient (Wildman–Crippen LogP) is 0.169. The zero-order valence-electron chi connectivity index (χ0n) is 15.4. The molecule has 0 amide bonds. The topological polar surface area (TPSA) is 121 Å². The van der Waals surface area contributed by atoms with Crippen LogP contribution in [0.3, 0.4) is 0 Å². The summed E-state index contributed by atoms with van der Waals surface area (Å²) in [4.78, 5) is 8.97. The van der Waals surface area contributed by atoms with Crippen molar-refractivity contribution in [2.45, 2.75) is 33.0 Å². The van der Waals surface area contributed by atoms with Gasteiger partial charge in [-0.15, -0.1) is 0 Å². The van der Waals surface area contributed by atoms with E-state index in [1.807, 2.05) is 17.6 Å². The van der Waals surface area contributed by atoms with Crippen molar-refractivity contribution in [3.05, 3.63) is 23.8 Å². The third-order valence-corrected chi connectivity index (χ3v) is 5.33. The van der Waals surface area contributed by atoms with Crippen molar-refractivity contribution in [2.75, 3.05) is 32.6 Å². The Morgan fingerprint density at radius 3 is 2.85 bits per heavy atom. The number of aromatic nitrogens is 3. The Kier molecular flexibility index (Phi) is 7.47. The highest BCUT2D eigenvalue weighted by Crippen LogP contribution is 2.18. The quantitative estimate of drug-likeness (QED) is 0.418. The van der Waals surface area contributed by atoms with E-state index in [-0.39, 0.29) is 12.3 Å². The Morgan fingerprint density at radius 1 is 1.38 bits per heavy atom. The molecular formula is C16H27N5O4S. The van der Waals surface area contributed by atoms with Gasteiger partial charge < -0.3 is 19.8 Å². The fourth-order valence-electron chi connectivity index (χ4n) is 2.49. The standard InChI is InChI=1S/C16H27N5O4S/c1-4-26(22,23)19-5-7-25-8-6-21-11-18-16-13(10-15(17)24-3)20-12(2)9-14(16)21/h9,11,15,19H,4-8,10,17H2,1-3H3. The SMILES string of the molecule is CCS(=O)(=O)NCCOCCn1cnc2c(CC(N)OC)nc(C)cc21. The zero-order valence-corrected chi connectivity index (χ0v) is 16.3. The number of aryl methyl sites for hydroxylation is 1. The van der Waals surface area contributed by atoms with Crippen LogP contribution in [0.2, 0.25) is 0 Å². The van der Waals surface area contributed by atoms with Crippen LogP contribution < -0.4 is 10.5 Å². The molecule has 146 valence electrons. The Labute approximate surface area is 153 Å². The number of sulfonamides is 1. The second kappa shape index (κ2) is 9.38. The highest BCUT2D eigenvalue weighted by Gasteiger charge is 2.13. The minimum absolute atomic E-state index is 0.0659. The molecule has 0 aromatic carbocycles. The molecule has 2 heterocycles. The van der Waals surface area contributed by atoms with Gasteiger partial charge in [0.15, 0.2) is 0 Å². The molecule has 1 unspecified atom stereocenters. The highest BCUT2D eigenvalue weighted by atomic mass is 32.2. The maximum atomic E-state index is 11.3. The number of nitrogens with zero attached hydrogens (tertiary/aromatic N) is 3. The lowest BCUT2D eigenvalue weighted by molar-refractivity contribution is 0.108. The van der Waals surface area contributed by atoms with Gasteiger partial charge in [0.1, 0.15) is 11.7 Å². The molecule has 0 fully saturated rings. The maximum Gasteiger partial charge on any atom is 0.211 e. The third kappa shape index (κ3) is 5.71. The predicted molar refractivity (Wildman–Crippen MR) is 99.2 cm³/mol. The first kappa shape index (κ1) is 20.7. The largest absolute Gasteiger partial charge is 0.378 e. The molecular weight excluding hydrogens is 358 g/mol. The molecule has 9 nitrogen and oxygen atoms in total. The van der Waals surface area contributed by atoms with Crippen molar-refractivity contribution in [3.8, 4) is 0 Å². The summed E-state index contributed by atoms with van der Waals surface area (Å²) < 4.78 is 37.7. The molecule has 0 spiro atoms. The third-order valence-electron chi connectivity index (χ3n) is 3.93. The number of nitrogens with one attached hydrogen (secondary N) is 1. The summed E-state index contributed by atoms with van der Waals surface area (Å²) in [6.45, 7) is 5.17. The summed E-state index contributed by atoms with van der Waals surface area (Å²) in [6.07, 6.45) is 1.81. The molecule has 3 N–H and O–H groups in total. The fourth-order valence-corrected chi connectivity index (χ4v) is 3.09. The molecule has 0 aliphatic carbocycles. The lowest BCUT2D eigenvalue weighted by atomic mass is 10.2. The lowest BCUT2D eigenvalue weighted by Crippen LogP contribution is -2.29. The fraction of sp³-hybridized carbons (Fsp3) is 0.625. The minimum atomic E-state index is -3.17. The van der Waals surface area contributed by atoms with Crippen LogP contribution in [-0.2, 0) is 32.5 Å². The molecule has 0 bridgehead atoms. The van der Waals surface area contributed by atoms with Gasteiger partial charge in [0, 0.05) is 32.3 Å². The average Bonchev–Trinajstić information content (AvgIpc) is 3.00. The van der Waals surface area contributed by atoms with Gasteiger partial charge in [-0.3, -0.25) is 4.98 Å². The molecule has 2 aromatic rings. The van der Waals surface area contributed by atoms with Crippen LogP contribution in [0.25, 0.3) is 11.0 Å². The summed E-state index contributed by atoms with van der Waals surface area (Å²) in [7, 11) is -1.61. The van der Waals surface area contributed by atoms with Crippen molar-refractivity contribution >= 4 is 21.1 Å². The number of ether oxygens (including phenoxy) is 2. The van der Waals surface area contributed by atoms with E-state index in [0.717, 1.165) is 22.4 Å². The van der Waals surface area contributed by atoms with E-state index in [9.17, 15) is 8.42 Å². The summed E-state index contributed by atoms with van der Waals surface area (Å²) in [5.41, 5.74) is 9.31. The first-order chi connectivity index (χ1) is 12.4. The van der Waals surface area contributed by atoms with E-state index < -0.39 is 16.3 Å². The zero-order chi connectivity index (χ0) is 19.2. The Balaban J connectivity index is 1.94. The lowest BCUT2D eigenvalue weighted by Gasteiger charge is -2.11. The van der Waals surface area contributed by atoms with E-state index >= 15 is 0 Å². The van der Waals surface area contributed by atoms with E-state index in [0.29, 0.717) is 26.2 Å². The molecule has 0 radical (unpaired) electrons. The minimum Gasteiger partial charge on any atom is -0.378 e. The van der Waals surface area contributed by atoms with Crippen molar-refractivity contribution < 1.29 is 17.9 Å². The normalized spacial score (nSPS) is 13.4. The van der Waals surface area contributed by atoms with Gasteiger partial charge in [-0.1, -0.05) is 0 Å². The number of methoxy groups -OCH3 is 1. The number of fused-ring (bicyclic) bond motifs is 1. The molecule has 0 saturated carbocycles. The van der Waals surface area contributed by atoms with Gasteiger partial charge in [0.05, 0.1) is 36.5 Å². The molecule has 2 rings (SSSR count). The van der Waals surface area contributed by atoms with Crippen LogP contribution in [0.5, 0.6) is 0 Å². The molecule has 26 heavy (non-hydrogen) atoms. The van der Waals surface area contributed by atoms with E-state index in [4.69, 9.17) is 15.2 Å². The van der Waals surface area contributed by atoms with Gasteiger partial charge in [0.2, 0.25) is 10.0 Å². The summed E-state index contributed by atoms with van der Waals surface area (Å²) >= 11 is 0. The Morgan fingerprint density at radius 2 is 2.15 bits per heavy atom.